The minimum absolute atomic E-state index is 0.0312. The maximum absolute atomic E-state index is 12.1. The number of carbonyl (C=O) groups is 2. The molecule has 3 aliphatic rings. The lowest BCUT2D eigenvalue weighted by molar-refractivity contribution is -0.162. The average Bonchev–Trinajstić information content (AvgIpc) is 3.25. The molecule has 0 saturated heterocycles. The van der Waals surface area contributed by atoms with Crippen LogP contribution < -0.4 is 10.4 Å². The third-order valence-electron chi connectivity index (χ3n) is 12.5. The Morgan fingerprint density at radius 3 is 2.00 bits per heavy atom. The number of esters is 2. The highest BCUT2D eigenvalue weighted by Crippen LogP contribution is 2.64. The molecule has 1 N–H and O–H groups in total. The zero-order valence-electron chi connectivity index (χ0n) is 29.6. The number of fused-ring (bicyclic) bond motifs is 1. The molecule has 8 atom stereocenters. The molecule has 0 aliphatic heterocycles. The Morgan fingerprint density at radius 1 is 0.872 bits per heavy atom. The molecule has 3 fully saturated rings. The number of carbonyl (C=O) groups excluding carboxylic acids is 2. The van der Waals surface area contributed by atoms with Gasteiger partial charge in [-0.3, -0.25) is 9.59 Å². The van der Waals surface area contributed by atoms with Crippen molar-refractivity contribution in [1.82, 2.24) is 0 Å². The average molecular weight is 661 g/mol. The number of hydrogen-bond acceptors (Lipinski definition) is 6. The highest BCUT2D eigenvalue weighted by Gasteiger charge is 2.60. The van der Waals surface area contributed by atoms with E-state index < -0.39 is 14.4 Å². The van der Waals surface area contributed by atoms with Crippen LogP contribution in [0.15, 0.2) is 72.8 Å². The van der Waals surface area contributed by atoms with Crippen molar-refractivity contribution >= 4 is 30.6 Å². The Bertz CT molecular complexity index is 1380. The molecular weight excluding hydrogens is 605 g/mol. The van der Waals surface area contributed by atoms with E-state index in [0.717, 1.165) is 31.3 Å². The van der Waals surface area contributed by atoms with Crippen LogP contribution in [0.3, 0.4) is 0 Å². The Labute approximate surface area is 283 Å². The zero-order chi connectivity index (χ0) is 34.2. The van der Waals surface area contributed by atoms with Gasteiger partial charge in [-0.15, -0.1) is 0 Å². The van der Waals surface area contributed by atoms with Crippen molar-refractivity contribution in [3.05, 3.63) is 72.8 Å². The molecule has 0 amide bonds. The third kappa shape index (κ3) is 6.65. The molecule has 2 aromatic rings. The van der Waals surface area contributed by atoms with E-state index in [2.05, 4.69) is 102 Å². The summed E-state index contributed by atoms with van der Waals surface area (Å²) in [7, 11) is -2.83. The van der Waals surface area contributed by atoms with Gasteiger partial charge < -0.3 is 19.0 Å². The van der Waals surface area contributed by atoms with Gasteiger partial charge in [0.15, 0.2) is 0 Å². The normalized spacial score (nSPS) is 32.8. The van der Waals surface area contributed by atoms with E-state index >= 15 is 0 Å². The van der Waals surface area contributed by atoms with Gasteiger partial charge in [0, 0.05) is 26.4 Å². The van der Waals surface area contributed by atoms with Crippen LogP contribution >= 0.6 is 0 Å². The largest absolute Gasteiger partial charge is 0.466 e. The van der Waals surface area contributed by atoms with Crippen LogP contribution in [0.1, 0.15) is 87.0 Å². The minimum atomic E-state index is -2.83. The number of rotatable bonds is 9. The first-order valence-corrected chi connectivity index (χ1v) is 19.5. The lowest BCUT2D eigenvalue weighted by Gasteiger charge is -2.57. The maximum atomic E-state index is 12.1. The van der Waals surface area contributed by atoms with Crippen LogP contribution in [0.2, 0.25) is 5.04 Å². The standard InChI is InChI=1S/C40H56O6Si/c1-27-37(43)24-36-34(26-45-47(38(4,5)6,32-15-11-9-12-16-32)33-17-13-10-14-18-33)35(20-22-39(27,36)7)40(8)21-19-31(46-29(3)42)23-30(40)25-44-28(2)41/h9-18,30-31,34-37,43H,1,19-26H2,2-8H3/t30-,31+,34-,35+,36+,37+,39-,40+/m1/s1. The molecule has 0 heterocycles. The molecular formula is C40H56O6Si. The summed E-state index contributed by atoms with van der Waals surface area (Å²) in [5.74, 6) is 0.0894. The highest BCUT2D eigenvalue weighted by molar-refractivity contribution is 6.99. The van der Waals surface area contributed by atoms with Gasteiger partial charge in [0.25, 0.3) is 8.32 Å². The summed E-state index contributed by atoms with van der Waals surface area (Å²) in [6.45, 7) is 19.9. The molecule has 0 aromatic heterocycles. The van der Waals surface area contributed by atoms with E-state index in [1.807, 2.05) is 0 Å². The van der Waals surface area contributed by atoms with Gasteiger partial charge in [-0.05, 0) is 88.1 Å². The summed E-state index contributed by atoms with van der Waals surface area (Å²) in [6, 6.07) is 21.6. The fourth-order valence-electron chi connectivity index (χ4n) is 9.93. The summed E-state index contributed by atoms with van der Waals surface area (Å²) in [5, 5.41) is 13.6. The fourth-order valence-corrected chi connectivity index (χ4v) is 14.5. The number of ether oxygens (including phenoxy) is 2. The topological polar surface area (TPSA) is 82.1 Å². The van der Waals surface area contributed by atoms with E-state index in [9.17, 15) is 14.7 Å². The molecule has 2 aromatic carbocycles. The van der Waals surface area contributed by atoms with Gasteiger partial charge in [-0.1, -0.05) is 102 Å². The molecule has 47 heavy (non-hydrogen) atoms. The van der Waals surface area contributed by atoms with Crippen molar-refractivity contribution in [2.75, 3.05) is 13.2 Å². The minimum Gasteiger partial charge on any atom is -0.466 e. The van der Waals surface area contributed by atoms with Gasteiger partial charge in [0.05, 0.1) is 12.7 Å². The molecule has 256 valence electrons. The molecule has 3 saturated carbocycles. The van der Waals surface area contributed by atoms with Crippen LogP contribution in [-0.4, -0.2) is 50.8 Å². The second kappa shape index (κ2) is 13.6. The maximum Gasteiger partial charge on any atom is 0.302 e. The summed E-state index contributed by atoms with van der Waals surface area (Å²) >= 11 is 0. The smallest absolute Gasteiger partial charge is 0.302 e. The molecule has 3 aliphatic carbocycles. The molecule has 7 heteroatoms. The van der Waals surface area contributed by atoms with Crippen molar-refractivity contribution in [1.29, 1.82) is 0 Å². The number of aliphatic hydroxyl groups is 1. The summed E-state index contributed by atoms with van der Waals surface area (Å²) in [5.41, 5.74) is 0.602. The Morgan fingerprint density at radius 2 is 1.47 bits per heavy atom. The van der Waals surface area contributed by atoms with E-state index in [4.69, 9.17) is 13.9 Å². The second-order valence-electron chi connectivity index (χ2n) is 16.1. The van der Waals surface area contributed by atoms with Crippen molar-refractivity contribution in [2.24, 2.45) is 34.5 Å². The van der Waals surface area contributed by atoms with Crippen LogP contribution in [0.5, 0.6) is 0 Å². The molecule has 0 unspecified atom stereocenters. The van der Waals surface area contributed by atoms with Crippen LogP contribution in [0.4, 0.5) is 0 Å². The van der Waals surface area contributed by atoms with Crippen molar-refractivity contribution in [2.45, 2.75) is 104 Å². The zero-order valence-corrected chi connectivity index (χ0v) is 30.6. The van der Waals surface area contributed by atoms with E-state index in [-0.39, 0.29) is 57.6 Å². The van der Waals surface area contributed by atoms with Gasteiger partial charge in [-0.25, -0.2) is 0 Å². The van der Waals surface area contributed by atoms with Crippen LogP contribution in [0, 0.1) is 34.5 Å². The van der Waals surface area contributed by atoms with Crippen LogP contribution in [-0.2, 0) is 23.5 Å². The summed E-state index contributed by atoms with van der Waals surface area (Å²) in [4.78, 5) is 24.0. The summed E-state index contributed by atoms with van der Waals surface area (Å²) in [6.07, 6.45) is 4.21. The molecule has 0 bridgehead atoms. The Balaban J connectivity index is 1.59. The quantitative estimate of drug-likeness (QED) is 0.180. The van der Waals surface area contributed by atoms with E-state index in [0.29, 0.717) is 26.1 Å². The van der Waals surface area contributed by atoms with Crippen LogP contribution in [0.25, 0.3) is 0 Å². The monoisotopic (exact) mass is 660 g/mol. The van der Waals surface area contributed by atoms with Crippen molar-refractivity contribution in [3.63, 3.8) is 0 Å². The first-order valence-electron chi connectivity index (χ1n) is 17.6. The number of benzene rings is 2. The number of hydrogen-bond donors (Lipinski definition) is 1. The predicted octanol–water partition coefficient (Wildman–Crippen LogP) is 6.83. The Kier molecular flexibility index (Phi) is 10.3. The van der Waals surface area contributed by atoms with Gasteiger partial charge in [0.2, 0.25) is 0 Å². The Hall–Kier alpha value is -2.74. The molecule has 0 radical (unpaired) electrons. The highest BCUT2D eigenvalue weighted by atomic mass is 28.4. The van der Waals surface area contributed by atoms with E-state index in [1.165, 1.54) is 24.2 Å². The molecule has 5 rings (SSSR count). The van der Waals surface area contributed by atoms with Gasteiger partial charge >= 0.3 is 11.9 Å². The van der Waals surface area contributed by atoms with Gasteiger partial charge in [-0.2, -0.15) is 0 Å². The van der Waals surface area contributed by atoms with Crippen molar-refractivity contribution < 1.29 is 28.6 Å². The first kappa shape index (κ1) is 35.6. The SMILES string of the molecule is C=C1[C@@H](O)C[C@H]2[C@H](CO[Si](c3ccccc3)(c3ccccc3)C(C)(C)C)[C@@H]([C@@]3(C)CC[C@H](OC(C)=O)C[C@@H]3COC(C)=O)CC[C@]12C. The van der Waals surface area contributed by atoms with Crippen molar-refractivity contribution in [3.8, 4) is 0 Å². The summed E-state index contributed by atoms with van der Waals surface area (Å²) < 4.78 is 19.1. The first-order chi connectivity index (χ1) is 22.1. The fraction of sp³-hybridized carbons (Fsp3) is 0.600. The molecule has 0 spiro atoms. The third-order valence-corrected chi connectivity index (χ3v) is 17.5. The number of aliphatic hydroxyl groups excluding tert-OH is 1. The lowest BCUT2D eigenvalue weighted by Crippen LogP contribution is -2.67. The van der Waals surface area contributed by atoms with E-state index in [1.54, 1.807) is 0 Å². The second-order valence-corrected chi connectivity index (χ2v) is 20.4. The predicted molar refractivity (Wildman–Crippen MR) is 189 cm³/mol. The van der Waals surface area contributed by atoms with Gasteiger partial charge in [0.1, 0.15) is 6.10 Å². The molecule has 6 nitrogen and oxygen atoms in total. The lowest BCUT2D eigenvalue weighted by atomic mass is 9.49.